The quantitative estimate of drug-likeness (QED) is 0.733. The lowest BCUT2D eigenvalue weighted by Gasteiger charge is -2.15. The summed E-state index contributed by atoms with van der Waals surface area (Å²) in [7, 11) is 2.99. The summed E-state index contributed by atoms with van der Waals surface area (Å²) in [6, 6.07) is 3.32. The van der Waals surface area contributed by atoms with Gasteiger partial charge in [-0.05, 0) is 6.07 Å². The molecular formula is C15H13Cl2N5O2. The molecule has 4 N–H and O–H groups in total. The summed E-state index contributed by atoms with van der Waals surface area (Å²) < 4.78 is 10.5. The van der Waals surface area contributed by atoms with Gasteiger partial charge in [0.25, 0.3) is 0 Å². The Labute approximate surface area is 147 Å². The van der Waals surface area contributed by atoms with E-state index in [4.69, 9.17) is 44.1 Å². The van der Waals surface area contributed by atoms with Crippen LogP contribution >= 0.6 is 23.2 Å². The molecule has 0 saturated carbocycles. The Morgan fingerprint density at radius 2 is 1.58 bits per heavy atom. The third-order valence-electron chi connectivity index (χ3n) is 3.44. The van der Waals surface area contributed by atoms with Crippen LogP contribution in [0.25, 0.3) is 22.2 Å². The number of benzene rings is 1. The minimum absolute atomic E-state index is 0.114. The molecule has 0 fully saturated rings. The van der Waals surface area contributed by atoms with E-state index in [-0.39, 0.29) is 11.8 Å². The minimum Gasteiger partial charge on any atom is -0.495 e. The van der Waals surface area contributed by atoms with Gasteiger partial charge in [-0.25, -0.2) is 15.0 Å². The van der Waals surface area contributed by atoms with Crippen LogP contribution in [0.5, 0.6) is 11.5 Å². The highest BCUT2D eigenvalue weighted by molar-refractivity contribution is 6.41. The average molecular weight is 366 g/mol. The van der Waals surface area contributed by atoms with E-state index in [0.717, 1.165) is 0 Å². The number of ether oxygens (including phenoxy) is 2. The summed E-state index contributed by atoms with van der Waals surface area (Å²) in [5.41, 5.74) is 12.9. The van der Waals surface area contributed by atoms with Crippen molar-refractivity contribution in [3.63, 3.8) is 0 Å². The number of methoxy groups -OCH3 is 2. The van der Waals surface area contributed by atoms with Crippen LogP contribution in [-0.4, -0.2) is 29.2 Å². The number of halogens is 2. The van der Waals surface area contributed by atoms with Gasteiger partial charge in [-0.2, -0.15) is 0 Å². The first-order chi connectivity index (χ1) is 11.5. The molecule has 2 heterocycles. The molecule has 0 aliphatic rings. The minimum atomic E-state index is 0.114. The molecular weight excluding hydrogens is 353 g/mol. The van der Waals surface area contributed by atoms with E-state index in [2.05, 4.69) is 15.0 Å². The first-order valence-electron chi connectivity index (χ1n) is 6.75. The topological polar surface area (TPSA) is 109 Å². The first kappa shape index (κ1) is 16.4. The fourth-order valence-electron chi connectivity index (χ4n) is 2.32. The Morgan fingerprint density at radius 3 is 2.17 bits per heavy atom. The van der Waals surface area contributed by atoms with Crippen LogP contribution in [0, 0.1) is 0 Å². The number of nitrogens with two attached hydrogens (primary N) is 2. The number of pyridine rings is 1. The van der Waals surface area contributed by atoms with Crippen molar-refractivity contribution in [2.24, 2.45) is 0 Å². The number of hydrogen-bond acceptors (Lipinski definition) is 7. The smallest absolute Gasteiger partial charge is 0.220 e. The zero-order chi connectivity index (χ0) is 17.4. The van der Waals surface area contributed by atoms with Crippen LogP contribution in [0.15, 0.2) is 18.3 Å². The van der Waals surface area contributed by atoms with Gasteiger partial charge < -0.3 is 20.9 Å². The number of nitrogens with zero attached hydrogens (tertiary/aromatic N) is 3. The molecule has 0 radical (unpaired) electrons. The molecule has 3 aromatic rings. The Morgan fingerprint density at radius 1 is 0.958 bits per heavy atom. The van der Waals surface area contributed by atoms with Gasteiger partial charge in [0.2, 0.25) is 5.95 Å². The Balaban J connectivity index is 2.33. The highest BCUT2D eigenvalue weighted by Gasteiger charge is 2.21. The van der Waals surface area contributed by atoms with Crippen molar-refractivity contribution in [1.82, 2.24) is 15.0 Å². The maximum atomic E-state index is 6.41. The number of anilines is 2. The van der Waals surface area contributed by atoms with E-state index in [1.54, 1.807) is 18.3 Å². The molecule has 0 amide bonds. The van der Waals surface area contributed by atoms with Crippen molar-refractivity contribution in [2.45, 2.75) is 0 Å². The molecule has 3 rings (SSSR count). The highest BCUT2D eigenvalue weighted by atomic mass is 35.5. The van der Waals surface area contributed by atoms with Gasteiger partial charge in [0, 0.05) is 23.2 Å². The number of nitrogen functional groups attached to an aromatic ring is 2. The predicted molar refractivity (Wildman–Crippen MR) is 94.7 cm³/mol. The molecule has 0 spiro atoms. The summed E-state index contributed by atoms with van der Waals surface area (Å²) >= 11 is 12.8. The third kappa shape index (κ3) is 2.61. The number of hydrogen-bond donors (Lipinski definition) is 2. The van der Waals surface area contributed by atoms with E-state index in [0.29, 0.717) is 43.7 Å². The lowest BCUT2D eigenvalue weighted by molar-refractivity contribution is 0.395. The predicted octanol–water partition coefficient (Wildman–Crippen LogP) is 3.18. The number of aromatic nitrogens is 3. The second-order valence-corrected chi connectivity index (χ2v) is 5.60. The van der Waals surface area contributed by atoms with E-state index in [1.165, 1.54) is 14.2 Å². The second kappa shape index (κ2) is 6.18. The van der Waals surface area contributed by atoms with Crippen molar-refractivity contribution in [1.29, 1.82) is 0 Å². The van der Waals surface area contributed by atoms with E-state index < -0.39 is 0 Å². The van der Waals surface area contributed by atoms with Crippen LogP contribution in [0.3, 0.4) is 0 Å². The van der Waals surface area contributed by atoms with Gasteiger partial charge in [-0.3, -0.25) is 0 Å². The molecule has 124 valence electrons. The van der Waals surface area contributed by atoms with Crippen LogP contribution < -0.4 is 20.9 Å². The summed E-state index contributed by atoms with van der Waals surface area (Å²) in [4.78, 5) is 12.4. The zero-order valence-corrected chi connectivity index (χ0v) is 14.3. The van der Waals surface area contributed by atoms with Gasteiger partial charge in [0.05, 0.1) is 30.0 Å². The van der Waals surface area contributed by atoms with Crippen molar-refractivity contribution in [2.75, 3.05) is 25.7 Å². The molecule has 9 heteroatoms. The zero-order valence-electron chi connectivity index (χ0n) is 12.8. The monoisotopic (exact) mass is 365 g/mol. The van der Waals surface area contributed by atoms with E-state index >= 15 is 0 Å². The average Bonchev–Trinajstić information content (AvgIpc) is 2.56. The number of fused-ring (bicyclic) bond motifs is 1. The van der Waals surface area contributed by atoms with Crippen LogP contribution in [-0.2, 0) is 0 Å². The molecule has 2 aromatic heterocycles. The molecule has 7 nitrogen and oxygen atoms in total. The summed E-state index contributed by atoms with van der Waals surface area (Å²) in [6.07, 6.45) is 1.55. The molecule has 0 unspecified atom stereocenters. The van der Waals surface area contributed by atoms with E-state index in [9.17, 15) is 0 Å². The summed E-state index contributed by atoms with van der Waals surface area (Å²) in [6.45, 7) is 0. The summed E-state index contributed by atoms with van der Waals surface area (Å²) in [5, 5.41) is 1.25. The maximum absolute atomic E-state index is 6.41. The third-order valence-corrected chi connectivity index (χ3v) is 4.19. The van der Waals surface area contributed by atoms with Gasteiger partial charge >= 0.3 is 0 Å². The van der Waals surface area contributed by atoms with Crippen molar-refractivity contribution in [3.8, 4) is 22.8 Å². The molecule has 0 atom stereocenters. The fraction of sp³-hybridized carbons (Fsp3) is 0.133. The van der Waals surface area contributed by atoms with Crippen molar-refractivity contribution < 1.29 is 9.47 Å². The van der Waals surface area contributed by atoms with Gasteiger partial charge in [-0.1, -0.05) is 23.2 Å². The normalized spacial score (nSPS) is 10.8. The molecule has 24 heavy (non-hydrogen) atoms. The van der Waals surface area contributed by atoms with Gasteiger partial charge in [0.1, 0.15) is 17.0 Å². The Hall–Kier alpha value is -2.51. The molecule has 0 aliphatic carbocycles. The Bertz CT molecular complexity index is 921. The molecule has 1 aromatic carbocycles. The molecule has 0 saturated heterocycles. The largest absolute Gasteiger partial charge is 0.495 e. The first-order valence-corrected chi connectivity index (χ1v) is 7.51. The highest BCUT2D eigenvalue weighted by Crippen LogP contribution is 2.46. The van der Waals surface area contributed by atoms with Gasteiger partial charge in [-0.15, -0.1) is 0 Å². The summed E-state index contributed by atoms with van der Waals surface area (Å²) in [5.74, 6) is 1.11. The number of rotatable bonds is 3. The van der Waals surface area contributed by atoms with Crippen molar-refractivity contribution in [3.05, 3.63) is 28.4 Å². The standard InChI is InChI=1S/C15H13Cl2N5O2/c1-23-8-4-9(24-2)12(17)10(11(8)16)7-3-6-5-20-15(19)22-13(6)14(18)21-7/h3-5H,1-2H3,(H2,18,21)(H2,19,20,22). The van der Waals surface area contributed by atoms with Crippen LogP contribution in [0.1, 0.15) is 0 Å². The molecule has 0 aliphatic heterocycles. The lowest BCUT2D eigenvalue weighted by Crippen LogP contribution is -2.01. The fourth-order valence-corrected chi connectivity index (χ4v) is 3.01. The van der Waals surface area contributed by atoms with Crippen molar-refractivity contribution >= 4 is 45.9 Å². The second-order valence-electron chi connectivity index (χ2n) is 4.84. The SMILES string of the molecule is COc1cc(OC)c(Cl)c(-c2cc3cnc(N)nc3c(N)n2)c1Cl. The van der Waals surface area contributed by atoms with E-state index in [1.807, 2.05) is 0 Å². The maximum Gasteiger partial charge on any atom is 0.220 e. The van der Waals surface area contributed by atoms with Crippen LogP contribution in [0.2, 0.25) is 10.0 Å². The van der Waals surface area contributed by atoms with Crippen LogP contribution in [0.4, 0.5) is 11.8 Å². The Kier molecular flexibility index (Phi) is 4.21. The van der Waals surface area contributed by atoms with Gasteiger partial charge in [0.15, 0.2) is 5.82 Å². The molecule has 0 bridgehead atoms. The lowest BCUT2D eigenvalue weighted by atomic mass is 10.1.